The van der Waals surface area contributed by atoms with E-state index < -0.39 is 0 Å². The van der Waals surface area contributed by atoms with Gasteiger partial charge in [0, 0.05) is 15.5 Å². The van der Waals surface area contributed by atoms with Gasteiger partial charge in [0.1, 0.15) is 5.75 Å². The SMILES string of the molecule is COc1cc(Br)ccc1C(=O)Nc1ncc(C)s1. The van der Waals surface area contributed by atoms with Crippen LogP contribution in [-0.2, 0) is 0 Å². The lowest BCUT2D eigenvalue weighted by Crippen LogP contribution is -2.12. The molecule has 1 aromatic heterocycles. The number of aromatic nitrogens is 1. The van der Waals surface area contributed by atoms with Gasteiger partial charge in [-0.25, -0.2) is 4.98 Å². The molecule has 1 N–H and O–H groups in total. The second-order valence-corrected chi connectivity index (χ2v) is 5.73. The highest BCUT2D eigenvalue weighted by Crippen LogP contribution is 2.25. The number of ether oxygens (including phenoxy) is 1. The number of nitrogens with one attached hydrogen (secondary N) is 1. The van der Waals surface area contributed by atoms with Crippen molar-refractivity contribution >= 4 is 38.3 Å². The fourth-order valence-electron chi connectivity index (χ4n) is 1.43. The van der Waals surface area contributed by atoms with E-state index in [1.54, 1.807) is 24.4 Å². The Morgan fingerprint density at radius 1 is 1.50 bits per heavy atom. The van der Waals surface area contributed by atoms with E-state index in [4.69, 9.17) is 4.74 Å². The number of methoxy groups -OCH3 is 1. The normalized spacial score (nSPS) is 10.2. The summed E-state index contributed by atoms with van der Waals surface area (Å²) in [7, 11) is 1.53. The standard InChI is InChI=1S/C12H11BrN2O2S/c1-7-6-14-12(18-7)15-11(16)9-4-3-8(13)5-10(9)17-2/h3-6H,1-2H3,(H,14,15,16). The summed E-state index contributed by atoms with van der Waals surface area (Å²) in [5.41, 5.74) is 0.480. The summed E-state index contributed by atoms with van der Waals surface area (Å²) in [5, 5.41) is 3.33. The van der Waals surface area contributed by atoms with Gasteiger partial charge in [0.25, 0.3) is 5.91 Å². The van der Waals surface area contributed by atoms with Gasteiger partial charge in [-0.15, -0.1) is 11.3 Å². The lowest BCUT2D eigenvalue weighted by molar-refractivity contribution is 0.102. The Morgan fingerprint density at radius 3 is 2.89 bits per heavy atom. The van der Waals surface area contributed by atoms with E-state index >= 15 is 0 Å². The van der Waals surface area contributed by atoms with Crippen molar-refractivity contribution in [2.75, 3.05) is 12.4 Å². The summed E-state index contributed by atoms with van der Waals surface area (Å²) < 4.78 is 6.04. The smallest absolute Gasteiger partial charge is 0.261 e. The van der Waals surface area contributed by atoms with Crippen molar-refractivity contribution in [3.8, 4) is 5.75 Å². The van der Waals surface area contributed by atoms with Crippen LogP contribution in [0.1, 0.15) is 15.2 Å². The first-order valence-corrected chi connectivity index (χ1v) is 6.78. The highest BCUT2D eigenvalue weighted by molar-refractivity contribution is 9.10. The maximum absolute atomic E-state index is 12.1. The molecule has 1 aromatic carbocycles. The van der Waals surface area contributed by atoms with E-state index in [1.165, 1.54) is 18.4 Å². The third-order valence-electron chi connectivity index (χ3n) is 2.25. The van der Waals surface area contributed by atoms with Crippen LogP contribution in [-0.4, -0.2) is 18.0 Å². The van der Waals surface area contributed by atoms with Gasteiger partial charge in [-0.1, -0.05) is 15.9 Å². The summed E-state index contributed by atoms with van der Waals surface area (Å²) in [6, 6.07) is 5.26. The van der Waals surface area contributed by atoms with Gasteiger partial charge in [-0.3, -0.25) is 10.1 Å². The van der Waals surface area contributed by atoms with Crippen molar-refractivity contribution in [2.45, 2.75) is 6.92 Å². The van der Waals surface area contributed by atoms with Gasteiger partial charge in [-0.05, 0) is 25.1 Å². The molecule has 0 bridgehead atoms. The lowest BCUT2D eigenvalue weighted by Gasteiger charge is -2.08. The van der Waals surface area contributed by atoms with Gasteiger partial charge >= 0.3 is 0 Å². The number of anilines is 1. The largest absolute Gasteiger partial charge is 0.496 e. The third kappa shape index (κ3) is 2.88. The molecule has 94 valence electrons. The van der Waals surface area contributed by atoms with Gasteiger partial charge in [0.15, 0.2) is 5.13 Å². The number of carbonyl (C=O) groups is 1. The fourth-order valence-corrected chi connectivity index (χ4v) is 2.43. The van der Waals surface area contributed by atoms with E-state index in [0.717, 1.165) is 9.35 Å². The predicted octanol–water partition coefficient (Wildman–Crippen LogP) is 3.47. The number of benzene rings is 1. The molecule has 0 aliphatic carbocycles. The average molecular weight is 327 g/mol. The van der Waals surface area contributed by atoms with Gasteiger partial charge in [0.2, 0.25) is 0 Å². The number of aryl methyl sites for hydroxylation is 1. The van der Waals surface area contributed by atoms with Crippen LogP contribution in [0.5, 0.6) is 5.75 Å². The molecule has 0 unspecified atom stereocenters. The summed E-state index contributed by atoms with van der Waals surface area (Å²) in [4.78, 5) is 17.2. The van der Waals surface area contributed by atoms with E-state index in [9.17, 15) is 4.79 Å². The Labute approximate surface area is 117 Å². The molecule has 0 aliphatic rings. The van der Waals surface area contributed by atoms with Crippen LogP contribution in [0.2, 0.25) is 0 Å². The molecule has 0 spiro atoms. The quantitative estimate of drug-likeness (QED) is 0.939. The summed E-state index contributed by atoms with van der Waals surface area (Å²) in [6.45, 7) is 1.94. The van der Waals surface area contributed by atoms with E-state index in [0.29, 0.717) is 16.4 Å². The van der Waals surface area contributed by atoms with E-state index in [1.807, 2.05) is 6.92 Å². The molecule has 0 radical (unpaired) electrons. The van der Waals surface area contributed by atoms with Crippen molar-refractivity contribution in [2.24, 2.45) is 0 Å². The van der Waals surface area contributed by atoms with Crippen molar-refractivity contribution < 1.29 is 9.53 Å². The first-order chi connectivity index (χ1) is 8.60. The summed E-state index contributed by atoms with van der Waals surface area (Å²) >= 11 is 4.77. The predicted molar refractivity (Wildman–Crippen MR) is 75.5 cm³/mol. The molecule has 4 nitrogen and oxygen atoms in total. The zero-order valence-corrected chi connectivity index (χ0v) is 12.3. The number of rotatable bonds is 3. The van der Waals surface area contributed by atoms with Crippen molar-refractivity contribution in [3.63, 3.8) is 0 Å². The number of hydrogen-bond donors (Lipinski definition) is 1. The van der Waals surface area contributed by atoms with Gasteiger partial charge in [-0.2, -0.15) is 0 Å². The first kappa shape index (κ1) is 13.0. The molecule has 0 saturated heterocycles. The number of thiazole rings is 1. The number of hydrogen-bond acceptors (Lipinski definition) is 4. The second kappa shape index (κ2) is 5.49. The molecule has 0 saturated carbocycles. The molecular formula is C12H11BrN2O2S. The monoisotopic (exact) mass is 326 g/mol. The fraction of sp³-hybridized carbons (Fsp3) is 0.167. The van der Waals surface area contributed by atoms with Crippen molar-refractivity contribution in [1.29, 1.82) is 0 Å². The zero-order valence-electron chi connectivity index (χ0n) is 9.86. The van der Waals surface area contributed by atoms with Crippen LogP contribution in [0.25, 0.3) is 0 Å². The Kier molecular flexibility index (Phi) is 3.98. The molecule has 6 heteroatoms. The molecule has 0 atom stereocenters. The molecule has 0 aliphatic heterocycles. The van der Waals surface area contributed by atoms with E-state index in [2.05, 4.69) is 26.2 Å². The van der Waals surface area contributed by atoms with Crippen LogP contribution in [0.4, 0.5) is 5.13 Å². The number of nitrogens with zero attached hydrogens (tertiary/aromatic N) is 1. The highest BCUT2D eigenvalue weighted by Gasteiger charge is 2.13. The second-order valence-electron chi connectivity index (χ2n) is 3.57. The average Bonchev–Trinajstić information content (AvgIpc) is 2.74. The minimum absolute atomic E-state index is 0.228. The van der Waals surface area contributed by atoms with Crippen LogP contribution >= 0.6 is 27.3 Å². The minimum Gasteiger partial charge on any atom is -0.496 e. The number of halogens is 1. The molecule has 0 fully saturated rings. The molecule has 1 amide bonds. The molecule has 18 heavy (non-hydrogen) atoms. The summed E-state index contributed by atoms with van der Waals surface area (Å²) in [5.74, 6) is 0.295. The minimum atomic E-state index is -0.228. The van der Waals surface area contributed by atoms with Crippen molar-refractivity contribution in [1.82, 2.24) is 4.98 Å². The molecule has 2 aromatic rings. The van der Waals surface area contributed by atoms with E-state index in [-0.39, 0.29) is 5.91 Å². The number of carbonyl (C=O) groups excluding carboxylic acids is 1. The van der Waals surface area contributed by atoms with Crippen molar-refractivity contribution in [3.05, 3.63) is 39.3 Å². The van der Waals surface area contributed by atoms with Crippen LogP contribution in [0.3, 0.4) is 0 Å². The Bertz CT molecular complexity index is 583. The Hall–Kier alpha value is -1.40. The molecular weight excluding hydrogens is 316 g/mol. The van der Waals surface area contributed by atoms with Gasteiger partial charge < -0.3 is 4.74 Å². The lowest BCUT2D eigenvalue weighted by atomic mass is 10.2. The van der Waals surface area contributed by atoms with Gasteiger partial charge in [0.05, 0.1) is 12.7 Å². The summed E-state index contributed by atoms with van der Waals surface area (Å²) in [6.07, 6.45) is 1.72. The maximum Gasteiger partial charge on any atom is 0.261 e. The maximum atomic E-state index is 12.1. The molecule has 1 heterocycles. The van der Waals surface area contributed by atoms with Crippen LogP contribution in [0.15, 0.2) is 28.9 Å². The third-order valence-corrected chi connectivity index (χ3v) is 3.57. The number of amides is 1. The first-order valence-electron chi connectivity index (χ1n) is 5.17. The Morgan fingerprint density at radius 2 is 2.28 bits per heavy atom. The van der Waals surface area contributed by atoms with Crippen LogP contribution < -0.4 is 10.1 Å². The van der Waals surface area contributed by atoms with Crippen LogP contribution in [0, 0.1) is 6.92 Å². The highest BCUT2D eigenvalue weighted by atomic mass is 79.9. The topological polar surface area (TPSA) is 51.2 Å². The Balaban J connectivity index is 2.23. The molecule has 2 rings (SSSR count). The zero-order chi connectivity index (χ0) is 13.1.